The number of hydrogen-bond donors (Lipinski definition) is 3. The summed E-state index contributed by atoms with van der Waals surface area (Å²) in [6, 6.07) is 14.2. The van der Waals surface area contributed by atoms with Gasteiger partial charge < -0.3 is 25.6 Å². The minimum absolute atomic E-state index is 0.0327. The number of carbonyl (C=O) groups excluding carboxylic acids is 1. The molecule has 0 radical (unpaired) electrons. The number of aliphatic hydroxyl groups is 1. The molecule has 1 heterocycles. The number of aryl methyl sites for hydroxylation is 1. The molecule has 2 aromatic rings. The van der Waals surface area contributed by atoms with Gasteiger partial charge in [-0.25, -0.2) is 4.79 Å². The Bertz CT molecular complexity index is 907. The molecule has 0 spiro atoms. The van der Waals surface area contributed by atoms with Gasteiger partial charge in [0, 0.05) is 24.3 Å². The van der Waals surface area contributed by atoms with E-state index in [1.807, 2.05) is 38.1 Å². The number of ether oxygens (including phenoxy) is 1. The Balaban J connectivity index is 1.81. The Morgan fingerprint density at radius 3 is 2.52 bits per heavy atom. The maximum atomic E-state index is 12.9. The van der Waals surface area contributed by atoms with Gasteiger partial charge >= 0.3 is 5.97 Å². The molecule has 6 nitrogen and oxygen atoms in total. The highest BCUT2D eigenvalue weighted by molar-refractivity contribution is 5.94. The molecule has 4 N–H and O–H groups in total. The van der Waals surface area contributed by atoms with Crippen molar-refractivity contribution in [3.8, 4) is 5.75 Å². The third-order valence-corrected chi connectivity index (χ3v) is 5.13. The maximum Gasteiger partial charge on any atom is 0.359 e. The largest absolute Gasteiger partial charge is 0.510 e. The highest BCUT2D eigenvalue weighted by atomic mass is 16.6. The van der Waals surface area contributed by atoms with E-state index < -0.39 is 11.6 Å². The topological polar surface area (TPSA) is 96.0 Å². The van der Waals surface area contributed by atoms with Gasteiger partial charge in [-0.15, -0.1) is 0 Å². The second-order valence-corrected chi connectivity index (χ2v) is 7.72. The van der Waals surface area contributed by atoms with Gasteiger partial charge in [-0.3, -0.25) is 0 Å². The number of carbonyl (C=O) groups is 1. The highest BCUT2D eigenvalue weighted by Crippen LogP contribution is 2.36. The number of nitrogen functional groups attached to an aromatic ring is 1. The lowest BCUT2D eigenvalue weighted by molar-refractivity contribution is -0.157. The van der Waals surface area contributed by atoms with Gasteiger partial charge in [0.05, 0.1) is 0 Å². The van der Waals surface area contributed by atoms with Crippen molar-refractivity contribution in [3.63, 3.8) is 0 Å². The maximum absolute atomic E-state index is 12.9. The van der Waals surface area contributed by atoms with Crippen LogP contribution in [0, 0.1) is 0 Å². The molecule has 29 heavy (non-hydrogen) atoms. The molecule has 1 aliphatic heterocycles. The third-order valence-electron chi connectivity index (χ3n) is 5.13. The number of phenols is 1. The summed E-state index contributed by atoms with van der Waals surface area (Å²) in [5, 5.41) is 20.2. The molecule has 1 unspecified atom stereocenters. The second-order valence-electron chi connectivity index (χ2n) is 7.72. The lowest BCUT2D eigenvalue weighted by atomic mass is 9.90. The normalized spacial score (nSPS) is 19.2. The van der Waals surface area contributed by atoms with Gasteiger partial charge in [0.25, 0.3) is 0 Å². The van der Waals surface area contributed by atoms with E-state index in [0.717, 1.165) is 17.7 Å². The Hall–Kier alpha value is -3.15. The SMILES string of the molecule is CCCN(C1=C(O)CC(C)(CCc2ccc(O)cc2)OC1=O)c1cccc(N)c1. The van der Waals surface area contributed by atoms with Crippen molar-refractivity contribution in [1.82, 2.24) is 0 Å². The zero-order valence-corrected chi connectivity index (χ0v) is 16.9. The molecule has 154 valence electrons. The van der Waals surface area contributed by atoms with Crippen molar-refractivity contribution in [2.45, 2.75) is 45.1 Å². The van der Waals surface area contributed by atoms with Crippen molar-refractivity contribution < 1.29 is 19.7 Å². The first-order valence-corrected chi connectivity index (χ1v) is 9.88. The Kier molecular flexibility index (Phi) is 6.01. The number of nitrogens with zero attached hydrogens (tertiary/aromatic N) is 1. The van der Waals surface area contributed by atoms with E-state index in [0.29, 0.717) is 25.1 Å². The molecule has 0 fully saturated rings. The molecule has 0 aromatic heterocycles. The molecular weight excluding hydrogens is 368 g/mol. The molecular formula is C23H28N2O4. The zero-order chi connectivity index (χ0) is 21.0. The monoisotopic (exact) mass is 396 g/mol. The van der Waals surface area contributed by atoms with Crippen LogP contribution in [0.15, 0.2) is 60.0 Å². The van der Waals surface area contributed by atoms with Crippen LogP contribution in [0.4, 0.5) is 11.4 Å². The fourth-order valence-electron chi connectivity index (χ4n) is 3.63. The van der Waals surface area contributed by atoms with Gasteiger partial charge in [-0.1, -0.05) is 25.1 Å². The van der Waals surface area contributed by atoms with Gasteiger partial charge in [-0.2, -0.15) is 0 Å². The number of hydrogen-bond acceptors (Lipinski definition) is 6. The lowest BCUT2D eigenvalue weighted by Gasteiger charge is -2.37. The standard InChI is InChI=1S/C23H28N2O4/c1-3-13-25(18-6-4-5-17(24)14-18)21-20(27)15-23(2,29-22(21)28)12-11-16-7-9-19(26)10-8-16/h4-10,14,26-27H,3,11-13,15,24H2,1-2H3. The molecule has 3 rings (SSSR count). The Morgan fingerprint density at radius 1 is 1.17 bits per heavy atom. The van der Waals surface area contributed by atoms with Crippen molar-refractivity contribution in [3.05, 3.63) is 65.6 Å². The number of aromatic hydroxyl groups is 1. The van der Waals surface area contributed by atoms with Crippen LogP contribution in [0.2, 0.25) is 0 Å². The fraction of sp³-hybridized carbons (Fsp3) is 0.348. The zero-order valence-electron chi connectivity index (χ0n) is 16.9. The molecule has 0 aliphatic carbocycles. The summed E-state index contributed by atoms with van der Waals surface area (Å²) in [6.45, 7) is 4.40. The summed E-state index contributed by atoms with van der Waals surface area (Å²) in [6.07, 6.45) is 2.26. The fourth-order valence-corrected chi connectivity index (χ4v) is 3.63. The summed E-state index contributed by atoms with van der Waals surface area (Å²) in [4.78, 5) is 14.7. The van der Waals surface area contributed by atoms with Gasteiger partial charge in [0.1, 0.15) is 17.1 Å². The van der Waals surface area contributed by atoms with Crippen molar-refractivity contribution in [2.75, 3.05) is 17.2 Å². The van der Waals surface area contributed by atoms with Crippen LogP contribution in [0.1, 0.15) is 38.7 Å². The minimum atomic E-state index is -0.795. The van der Waals surface area contributed by atoms with Crippen molar-refractivity contribution >= 4 is 17.3 Å². The van der Waals surface area contributed by atoms with Crippen LogP contribution in [0.3, 0.4) is 0 Å². The first kappa shape index (κ1) is 20.6. The number of esters is 1. The van der Waals surface area contributed by atoms with Crippen molar-refractivity contribution in [2.24, 2.45) is 0 Å². The van der Waals surface area contributed by atoms with Crippen LogP contribution in [0.25, 0.3) is 0 Å². The molecule has 1 aliphatic rings. The number of rotatable bonds is 7. The predicted octanol–water partition coefficient (Wildman–Crippen LogP) is 4.30. The van der Waals surface area contributed by atoms with Gasteiger partial charge in [-0.05, 0) is 62.1 Å². The van der Waals surface area contributed by atoms with E-state index in [4.69, 9.17) is 10.5 Å². The summed E-state index contributed by atoms with van der Waals surface area (Å²) in [7, 11) is 0. The Labute approximate surface area is 171 Å². The number of phenolic OH excluding ortho intramolecular Hbond substituents is 1. The number of nitrogens with two attached hydrogens (primary N) is 1. The van der Waals surface area contributed by atoms with E-state index in [9.17, 15) is 15.0 Å². The number of anilines is 2. The van der Waals surface area contributed by atoms with E-state index >= 15 is 0 Å². The summed E-state index contributed by atoms with van der Waals surface area (Å²) >= 11 is 0. The summed E-state index contributed by atoms with van der Waals surface area (Å²) in [5.41, 5.74) is 7.65. The molecule has 6 heteroatoms. The first-order valence-electron chi connectivity index (χ1n) is 9.88. The molecule has 0 amide bonds. The average Bonchev–Trinajstić information content (AvgIpc) is 2.66. The number of aliphatic hydroxyl groups excluding tert-OH is 1. The van der Waals surface area contributed by atoms with E-state index in [1.54, 1.807) is 29.2 Å². The molecule has 0 bridgehead atoms. The molecule has 1 atom stereocenters. The van der Waals surface area contributed by atoms with Crippen LogP contribution in [-0.2, 0) is 16.0 Å². The quantitative estimate of drug-likeness (QED) is 0.477. The summed E-state index contributed by atoms with van der Waals surface area (Å²) < 4.78 is 5.80. The number of cyclic esters (lactones) is 1. The van der Waals surface area contributed by atoms with E-state index in [-0.39, 0.29) is 23.6 Å². The van der Waals surface area contributed by atoms with Crippen LogP contribution >= 0.6 is 0 Å². The second kappa shape index (κ2) is 8.47. The smallest absolute Gasteiger partial charge is 0.359 e. The molecule has 2 aromatic carbocycles. The summed E-state index contributed by atoms with van der Waals surface area (Å²) in [5.74, 6) is -0.282. The minimum Gasteiger partial charge on any atom is -0.510 e. The lowest BCUT2D eigenvalue weighted by Crippen LogP contribution is -2.43. The van der Waals surface area contributed by atoms with Crippen LogP contribution in [-0.4, -0.2) is 28.3 Å². The average molecular weight is 396 g/mol. The third kappa shape index (κ3) is 4.83. The van der Waals surface area contributed by atoms with Crippen LogP contribution < -0.4 is 10.6 Å². The predicted molar refractivity (Wildman–Crippen MR) is 114 cm³/mol. The van der Waals surface area contributed by atoms with Gasteiger partial charge in [0.2, 0.25) is 0 Å². The van der Waals surface area contributed by atoms with E-state index in [2.05, 4.69) is 0 Å². The highest BCUT2D eigenvalue weighted by Gasteiger charge is 2.40. The molecule has 0 saturated heterocycles. The van der Waals surface area contributed by atoms with Crippen LogP contribution in [0.5, 0.6) is 5.75 Å². The van der Waals surface area contributed by atoms with Gasteiger partial charge in [0.15, 0.2) is 5.70 Å². The number of benzene rings is 2. The van der Waals surface area contributed by atoms with E-state index in [1.165, 1.54) is 0 Å². The van der Waals surface area contributed by atoms with Crippen molar-refractivity contribution in [1.29, 1.82) is 0 Å². The first-order chi connectivity index (χ1) is 13.8. The Morgan fingerprint density at radius 2 is 1.90 bits per heavy atom. The molecule has 0 saturated carbocycles.